The van der Waals surface area contributed by atoms with Crippen LogP contribution in [-0.4, -0.2) is 14.2 Å². The van der Waals surface area contributed by atoms with E-state index in [-0.39, 0.29) is 6.04 Å². The topological polar surface area (TPSA) is 56.5 Å². The highest BCUT2D eigenvalue weighted by Gasteiger charge is 2.13. The van der Waals surface area contributed by atoms with Crippen LogP contribution in [0.1, 0.15) is 22.9 Å². The van der Waals surface area contributed by atoms with Crippen molar-refractivity contribution in [3.05, 3.63) is 46.2 Å². The van der Waals surface area contributed by atoms with Crippen LogP contribution in [0.5, 0.6) is 11.5 Å². The Morgan fingerprint density at radius 2 is 1.90 bits per heavy atom. The summed E-state index contributed by atoms with van der Waals surface area (Å²) in [5.74, 6) is 7.25. The van der Waals surface area contributed by atoms with Crippen molar-refractivity contribution in [2.24, 2.45) is 5.84 Å². The Kier molecular flexibility index (Phi) is 5.40. The lowest BCUT2D eigenvalue weighted by molar-refractivity contribution is 0.391. The number of hydrogen-bond acceptors (Lipinski definition) is 5. The number of nitrogens with two attached hydrogens (primary N) is 1. The molecule has 0 saturated carbocycles. The molecule has 3 N–H and O–H groups in total. The summed E-state index contributed by atoms with van der Waals surface area (Å²) in [6.45, 7) is 0. The molecule has 4 nitrogen and oxygen atoms in total. The normalized spacial score (nSPS) is 12.2. The maximum Gasteiger partial charge on any atom is 0.122 e. The molecule has 1 atom stereocenters. The summed E-state index contributed by atoms with van der Waals surface area (Å²) in [5, 5.41) is 2.09. The fourth-order valence-corrected chi connectivity index (χ4v) is 2.84. The van der Waals surface area contributed by atoms with Crippen molar-refractivity contribution in [3.8, 4) is 11.5 Å². The molecule has 20 heavy (non-hydrogen) atoms. The lowest BCUT2D eigenvalue weighted by atomic mass is 10.0. The average molecular weight is 292 g/mol. The molecule has 0 radical (unpaired) electrons. The molecular weight excluding hydrogens is 272 g/mol. The third kappa shape index (κ3) is 3.72. The van der Waals surface area contributed by atoms with Gasteiger partial charge >= 0.3 is 0 Å². The number of ether oxygens (including phenoxy) is 2. The van der Waals surface area contributed by atoms with Gasteiger partial charge in [0.1, 0.15) is 11.5 Å². The van der Waals surface area contributed by atoms with E-state index < -0.39 is 0 Å². The van der Waals surface area contributed by atoms with Crippen LogP contribution in [0.2, 0.25) is 0 Å². The average Bonchev–Trinajstić information content (AvgIpc) is 3.00. The van der Waals surface area contributed by atoms with Gasteiger partial charge in [0.15, 0.2) is 0 Å². The van der Waals surface area contributed by atoms with E-state index in [0.717, 1.165) is 29.9 Å². The smallest absolute Gasteiger partial charge is 0.122 e. The molecule has 1 heterocycles. The van der Waals surface area contributed by atoms with E-state index in [2.05, 4.69) is 22.9 Å². The van der Waals surface area contributed by atoms with E-state index in [0.29, 0.717) is 0 Å². The van der Waals surface area contributed by atoms with Crippen molar-refractivity contribution in [3.63, 3.8) is 0 Å². The second-order valence-electron chi connectivity index (χ2n) is 4.48. The Labute approximate surface area is 123 Å². The number of hydrogen-bond donors (Lipinski definition) is 2. The minimum absolute atomic E-state index is 0.0705. The second kappa shape index (κ2) is 7.28. The standard InChI is InChI=1S/C15H20N2O2S/c1-18-12-8-11(9-13(10-12)19-2)15(17-16)6-5-14-4-3-7-20-14/h3-4,7-10,15,17H,5-6,16H2,1-2H3. The molecule has 1 unspecified atom stereocenters. The molecule has 108 valence electrons. The Morgan fingerprint density at radius 3 is 2.40 bits per heavy atom. The van der Waals surface area contributed by atoms with Crippen molar-refractivity contribution in [1.82, 2.24) is 5.43 Å². The van der Waals surface area contributed by atoms with Crippen LogP contribution in [0.25, 0.3) is 0 Å². The number of aryl methyl sites for hydroxylation is 1. The van der Waals surface area contributed by atoms with E-state index in [1.807, 2.05) is 18.2 Å². The van der Waals surface area contributed by atoms with Gasteiger partial charge in [0.25, 0.3) is 0 Å². The molecule has 5 heteroatoms. The summed E-state index contributed by atoms with van der Waals surface area (Å²) in [6.07, 6.45) is 1.92. The van der Waals surface area contributed by atoms with Gasteiger partial charge in [0.05, 0.1) is 14.2 Å². The van der Waals surface area contributed by atoms with Gasteiger partial charge in [-0.05, 0) is 42.0 Å². The molecule has 0 aliphatic rings. The van der Waals surface area contributed by atoms with Crippen LogP contribution < -0.4 is 20.7 Å². The van der Waals surface area contributed by atoms with Gasteiger partial charge in [0.2, 0.25) is 0 Å². The predicted molar refractivity (Wildman–Crippen MR) is 82.3 cm³/mol. The van der Waals surface area contributed by atoms with Crippen molar-refractivity contribution >= 4 is 11.3 Å². The molecule has 2 aromatic rings. The van der Waals surface area contributed by atoms with E-state index in [1.165, 1.54) is 4.88 Å². The van der Waals surface area contributed by atoms with E-state index >= 15 is 0 Å². The van der Waals surface area contributed by atoms with Gasteiger partial charge in [0, 0.05) is 17.0 Å². The van der Waals surface area contributed by atoms with Crippen LogP contribution >= 0.6 is 11.3 Å². The Morgan fingerprint density at radius 1 is 1.20 bits per heavy atom. The first kappa shape index (κ1) is 14.8. The van der Waals surface area contributed by atoms with E-state index in [9.17, 15) is 0 Å². The van der Waals surface area contributed by atoms with Crippen LogP contribution in [0.4, 0.5) is 0 Å². The minimum Gasteiger partial charge on any atom is -0.497 e. The van der Waals surface area contributed by atoms with Gasteiger partial charge in [-0.15, -0.1) is 11.3 Å². The molecule has 0 fully saturated rings. The summed E-state index contributed by atoms with van der Waals surface area (Å²) in [6, 6.07) is 10.1. The van der Waals surface area contributed by atoms with E-state index in [1.54, 1.807) is 25.6 Å². The molecule has 0 saturated heterocycles. The largest absolute Gasteiger partial charge is 0.497 e. The summed E-state index contributed by atoms with van der Waals surface area (Å²) >= 11 is 1.77. The lowest BCUT2D eigenvalue weighted by Crippen LogP contribution is -2.28. The van der Waals surface area contributed by atoms with Crippen molar-refractivity contribution in [1.29, 1.82) is 0 Å². The molecular formula is C15H20N2O2S. The number of methoxy groups -OCH3 is 2. The summed E-state index contributed by atoms with van der Waals surface area (Å²) in [7, 11) is 3.30. The first-order chi connectivity index (χ1) is 9.76. The van der Waals surface area contributed by atoms with Crippen LogP contribution in [-0.2, 0) is 6.42 Å². The molecule has 0 spiro atoms. The third-order valence-electron chi connectivity index (χ3n) is 3.24. The van der Waals surface area contributed by atoms with Crippen molar-refractivity contribution < 1.29 is 9.47 Å². The fourth-order valence-electron chi connectivity index (χ4n) is 2.12. The molecule has 1 aromatic carbocycles. The molecule has 2 rings (SSSR count). The highest BCUT2D eigenvalue weighted by atomic mass is 32.1. The second-order valence-corrected chi connectivity index (χ2v) is 5.52. The number of nitrogens with one attached hydrogen (secondary N) is 1. The third-order valence-corrected chi connectivity index (χ3v) is 4.17. The number of hydrazine groups is 1. The molecule has 0 bridgehead atoms. The fraction of sp³-hybridized carbons (Fsp3) is 0.333. The monoisotopic (exact) mass is 292 g/mol. The maximum absolute atomic E-state index is 5.70. The Balaban J connectivity index is 2.13. The SMILES string of the molecule is COc1cc(OC)cc(C(CCc2cccs2)NN)c1. The summed E-state index contributed by atoms with van der Waals surface area (Å²) in [4.78, 5) is 1.36. The van der Waals surface area contributed by atoms with Gasteiger partial charge in [-0.2, -0.15) is 0 Å². The lowest BCUT2D eigenvalue weighted by Gasteiger charge is -2.18. The minimum atomic E-state index is 0.0705. The van der Waals surface area contributed by atoms with Crippen molar-refractivity contribution in [2.75, 3.05) is 14.2 Å². The Hall–Kier alpha value is -1.56. The number of thiophene rings is 1. The van der Waals surface area contributed by atoms with Gasteiger partial charge < -0.3 is 9.47 Å². The van der Waals surface area contributed by atoms with Gasteiger partial charge in [-0.3, -0.25) is 11.3 Å². The van der Waals surface area contributed by atoms with Crippen LogP contribution in [0.3, 0.4) is 0 Å². The summed E-state index contributed by atoms with van der Waals surface area (Å²) in [5.41, 5.74) is 3.95. The maximum atomic E-state index is 5.70. The molecule has 1 aromatic heterocycles. The number of benzene rings is 1. The highest BCUT2D eigenvalue weighted by Crippen LogP contribution is 2.28. The van der Waals surface area contributed by atoms with Crippen molar-refractivity contribution in [2.45, 2.75) is 18.9 Å². The van der Waals surface area contributed by atoms with E-state index in [4.69, 9.17) is 15.3 Å². The van der Waals surface area contributed by atoms with Gasteiger partial charge in [-0.25, -0.2) is 0 Å². The van der Waals surface area contributed by atoms with Gasteiger partial charge in [-0.1, -0.05) is 6.07 Å². The zero-order valence-electron chi connectivity index (χ0n) is 11.8. The quantitative estimate of drug-likeness (QED) is 0.608. The molecule has 0 amide bonds. The number of rotatable bonds is 7. The highest BCUT2D eigenvalue weighted by molar-refractivity contribution is 7.09. The molecule has 0 aliphatic heterocycles. The predicted octanol–water partition coefficient (Wildman–Crippen LogP) is 2.90. The summed E-state index contributed by atoms with van der Waals surface area (Å²) < 4.78 is 10.6. The Bertz CT molecular complexity index is 506. The van der Waals surface area contributed by atoms with Crippen LogP contribution in [0.15, 0.2) is 35.7 Å². The zero-order valence-corrected chi connectivity index (χ0v) is 12.6. The first-order valence-electron chi connectivity index (χ1n) is 6.48. The first-order valence-corrected chi connectivity index (χ1v) is 7.36. The van der Waals surface area contributed by atoms with Crippen LogP contribution in [0, 0.1) is 0 Å². The molecule has 0 aliphatic carbocycles. The zero-order chi connectivity index (χ0) is 14.4.